The van der Waals surface area contributed by atoms with Crippen molar-refractivity contribution < 1.29 is 9.59 Å². The smallest absolute Gasteiger partial charge is 0.225 e. The molecule has 4 heteroatoms. The summed E-state index contributed by atoms with van der Waals surface area (Å²) in [6.45, 7) is 2.03. The molecular formula is C21H34N2O2. The zero-order chi connectivity index (χ0) is 17.2. The molecule has 25 heavy (non-hydrogen) atoms. The van der Waals surface area contributed by atoms with E-state index in [0.717, 1.165) is 57.0 Å². The van der Waals surface area contributed by atoms with Crippen molar-refractivity contribution in [3.63, 3.8) is 0 Å². The van der Waals surface area contributed by atoms with E-state index in [0.29, 0.717) is 17.9 Å². The highest BCUT2D eigenvalue weighted by Crippen LogP contribution is 2.39. The van der Waals surface area contributed by atoms with Crippen LogP contribution in [-0.2, 0) is 9.59 Å². The van der Waals surface area contributed by atoms with Crippen LogP contribution in [0, 0.1) is 23.7 Å². The average molecular weight is 347 g/mol. The Morgan fingerprint density at radius 3 is 2.08 bits per heavy atom. The molecule has 1 heterocycles. The number of hydrogen-bond acceptors (Lipinski definition) is 2. The lowest BCUT2D eigenvalue weighted by atomic mass is 9.85. The highest BCUT2D eigenvalue weighted by Gasteiger charge is 2.40. The largest absolute Gasteiger partial charge is 0.353 e. The van der Waals surface area contributed by atoms with E-state index >= 15 is 0 Å². The second-order valence-corrected chi connectivity index (χ2v) is 9.16. The summed E-state index contributed by atoms with van der Waals surface area (Å²) in [5, 5.41) is 3.24. The Labute approximate surface area is 152 Å². The maximum absolute atomic E-state index is 12.8. The van der Waals surface area contributed by atoms with E-state index in [1.165, 1.54) is 44.9 Å². The van der Waals surface area contributed by atoms with Gasteiger partial charge in [0.25, 0.3) is 0 Å². The Kier molecular flexibility index (Phi) is 5.33. The van der Waals surface area contributed by atoms with Crippen molar-refractivity contribution in [2.24, 2.45) is 23.7 Å². The molecule has 4 aliphatic rings. The first-order chi connectivity index (χ1) is 12.2. The minimum absolute atomic E-state index is 0.210. The van der Waals surface area contributed by atoms with Crippen molar-refractivity contribution in [3.8, 4) is 0 Å². The fourth-order valence-electron chi connectivity index (χ4n) is 5.92. The molecule has 4 rings (SSSR count). The number of likely N-dealkylation sites (tertiary alicyclic amines) is 1. The topological polar surface area (TPSA) is 49.4 Å². The van der Waals surface area contributed by atoms with Crippen LogP contribution in [0.15, 0.2) is 0 Å². The molecule has 0 spiro atoms. The number of fused-ring (bicyclic) bond motifs is 1. The van der Waals surface area contributed by atoms with Gasteiger partial charge in [0.15, 0.2) is 0 Å². The lowest BCUT2D eigenvalue weighted by Gasteiger charge is -2.31. The fourth-order valence-corrected chi connectivity index (χ4v) is 5.92. The van der Waals surface area contributed by atoms with Crippen molar-refractivity contribution in [1.82, 2.24) is 10.2 Å². The molecule has 140 valence electrons. The average Bonchev–Trinajstić information content (AvgIpc) is 3.31. The molecule has 1 aliphatic heterocycles. The molecular weight excluding hydrogens is 312 g/mol. The number of nitrogens with zero attached hydrogens (tertiary/aromatic N) is 1. The third kappa shape index (κ3) is 4.03. The Hall–Kier alpha value is -1.06. The summed E-state index contributed by atoms with van der Waals surface area (Å²) in [6, 6.07) is 0.302. The lowest BCUT2D eigenvalue weighted by molar-refractivity contribution is -0.136. The van der Waals surface area contributed by atoms with Crippen LogP contribution >= 0.6 is 0 Å². The highest BCUT2D eigenvalue weighted by atomic mass is 16.2. The molecule has 0 aromatic carbocycles. The third-order valence-electron chi connectivity index (χ3n) is 7.43. The number of carbonyl (C=O) groups is 2. The summed E-state index contributed by atoms with van der Waals surface area (Å²) < 4.78 is 0. The van der Waals surface area contributed by atoms with E-state index in [1.54, 1.807) is 0 Å². The first kappa shape index (κ1) is 17.4. The van der Waals surface area contributed by atoms with Crippen LogP contribution in [-0.4, -0.2) is 35.8 Å². The van der Waals surface area contributed by atoms with E-state index in [2.05, 4.69) is 10.2 Å². The van der Waals surface area contributed by atoms with Gasteiger partial charge in [0.05, 0.1) is 0 Å². The Balaban J connectivity index is 1.19. The normalized spacial score (nSPS) is 35.8. The zero-order valence-electron chi connectivity index (χ0n) is 15.5. The summed E-state index contributed by atoms with van der Waals surface area (Å²) in [5.41, 5.74) is 0. The van der Waals surface area contributed by atoms with E-state index in [4.69, 9.17) is 0 Å². The van der Waals surface area contributed by atoms with Gasteiger partial charge in [-0.2, -0.15) is 0 Å². The zero-order valence-corrected chi connectivity index (χ0v) is 15.5. The predicted octanol–water partition coefficient (Wildman–Crippen LogP) is 3.50. The van der Waals surface area contributed by atoms with Gasteiger partial charge in [-0.3, -0.25) is 9.59 Å². The minimum atomic E-state index is 0.210. The van der Waals surface area contributed by atoms with Gasteiger partial charge in [0.1, 0.15) is 0 Å². The van der Waals surface area contributed by atoms with Crippen molar-refractivity contribution in [3.05, 3.63) is 0 Å². The second-order valence-electron chi connectivity index (χ2n) is 9.16. The van der Waals surface area contributed by atoms with Gasteiger partial charge in [-0.15, -0.1) is 0 Å². The van der Waals surface area contributed by atoms with Crippen molar-refractivity contribution in [2.75, 3.05) is 13.1 Å². The van der Waals surface area contributed by atoms with Gasteiger partial charge in [-0.1, -0.05) is 19.3 Å². The van der Waals surface area contributed by atoms with Crippen molar-refractivity contribution >= 4 is 11.8 Å². The number of nitrogens with one attached hydrogen (secondary N) is 1. The Morgan fingerprint density at radius 2 is 1.44 bits per heavy atom. The van der Waals surface area contributed by atoms with Gasteiger partial charge in [0, 0.05) is 31.5 Å². The molecule has 0 radical (unpaired) electrons. The van der Waals surface area contributed by atoms with Crippen LogP contribution in [0.2, 0.25) is 0 Å². The highest BCUT2D eigenvalue weighted by molar-refractivity contribution is 5.79. The Morgan fingerprint density at radius 1 is 0.800 bits per heavy atom. The molecule has 0 bridgehead atoms. The molecule has 0 aromatic heterocycles. The van der Waals surface area contributed by atoms with Gasteiger partial charge < -0.3 is 10.2 Å². The molecule has 2 atom stereocenters. The van der Waals surface area contributed by atoms with Crippen LogP contribution in [0.1, 0.15) is 77.0 Å². The van der Waals surface area contributed by atoms with Gasteiger partial charge in [-0.25, -0.2) is 0 Å². The summed E-state index contributed by atoms with van der Waals surface area (Å²) >= 11 is 0. The van der Waals surface area contributed by atoms with Crippen LogP contribution in [0.3, 0.4) is 0 Å². The summed E-state index contributed by atoms with van der Waals surface area (Å²) in [6.07, 6.45) is 13.7. The number of amides is 2. The maximum atomic E-state index is 12.8. The molecule has 3 saturated carbocycles. The summed E-state index contributed by atoms with van der Waals surface area (Å²) in [4.78, 5) is 27.2. The molecule has 4 fully saturated rings. The summed E-state index contributed by atoms with van der Waals surface area (Å²) in [7, 11) is 0. The van der Waals surface area contributed by atoms with Crippen LogP contribution in [0.25, 0.3) is 0 Å². The molecule has 2 amide bonds. The monoisotopic (exact) mass is 346 g/mol. The minimum Gasteiger partial charge on any atom is -0.353 e. The first-order valence-corrected chi connectivity index (χ1v) is 10.8. The van der Waals surface area contributed by atoms with Crippen molar-refractivity contribution in [1.29, 1.82) is 0 Å². The lowest BCUT2D eigenvalue weighted by Crippen LogP contribution is -2.42. The molecule has 1 saturated heterocycles. The second kappa shape index (κ2) is 7.67. The van der Waals surface area contributed by atoms with Gasteiger partial charge in [-0.05, 0) is 69.1 Å². The molecule has 1 N–H and O–H groups in total. The quantitative estimate of drug-likeness (QED) is 0.847. The van der Waals surface area contributed by atoms with Crippen molar-refractivity contribution in [2.45, 2.75) is 83.1 Å². The molecule has 0 unspecified atom stereocenters. The SMILES string of the molecule is O=C(CC1CCCC1)NC1CCC(C(=O)N2C[C@H]3CCC[C@H]3C2)CC1. The maximum Gasteiger partial charge on any atom is 0.225 e. The predicted molar refractivity (Wildman–Crippen MR) is 97.9 cm³/mol. The standard InChI is InChI=1S/C21H34N2O2/c24-20(12-15-4-1-2-5-15)22-19-10-8-16(9-11-19)21(25)23-13-17-6-3-7-18(17)14-23/h15-19H,1-14H2,(H,22,24)/t16?,17-,18+,19?. The van der Waals surface area contributed by atoms with E-state index in [1.807, 2.05) is 0 Å². The number of carbonyl (C=O) groups excluding carboxylic acids is 2. The van der Waals surface area contributed by atoms with Crippen LogP contribution in [0.4, 0.5) is 0 Å². The van der Waals surface area contributed by atoms with E-state index < -0.39 is 0 Å². The van der Waals surface area contributed by atoms with Gasteiger partial charge in [0.2, 0.25) is 11.8 Å². The van der Waals surface area contributed by atoms with Crippen LogP contribution < -0.4 is 5.32 Å². The van der Waals surface area contributed by atoms with Crippen LogP contribution in [0.5, 0.6) is 0 Å². The number of hydrogen-bond donors (Lipinski definition) is 1. The molecule has 4 nitrogen and oxygen atoms in total. The Bertz CT molecular complexity index is 480. The molecule has 0 aromatic rings. The van der Waals surface area contributed by atoms with Gasteiger partial charge >= 0.3 is 0 Å². The van der Waals surface area contributed by atoms with E-state index in [9.17, 15) is 9.59 Å². The number of rotatable bonds is 4. The fraction of sp³-hybridized carbons (Fsp3) is 0.905. The summed E-state index contributed by atoms with van der Waals surface area (Å²) in [5.74, 6) is 3.05. The first-order valence-electron chi connectivity index (χ1n) is 10.8. The molecule has 3 aliphatic carbocycles. The third-order valence-corrected chi connectivity index (χ3v) is 7.43. The van der Waals surface area contributed by atoms with E-state index in [-0.39, 0.29) is 11.8 Å².